The van der Waals surface area contributed by atoms with Crippen LogP contribution >= 0.6 is 11.9 Å². The molecule has 6 nitrogen and oxygen atoms in total. The Labute approximate surface area is 178 Å². The number of ether oxygens (including phenoxy) is 1. The van der Waals surface area contributed by atoms with Gasteiger partial charge in [0.1, 0.15) is 5.82 Å². The molecule has 0 aliphatic carbocycles. The van der Waals surface area contributed by atoms with E-state index in [2.05, 4.69) is 25.0 Å². The van der Waals surface area contributed by atoms with Gasteiger partial charge in [0, 0.05) is 30.5 Å². The lowest BCUT2D eigenvalue weighted by Crippen LogP contribution is -1.96. The van der Waals surface area contributed by atoms with Gasteiger partial charge in [-0.1, -0.05) is 6.07 Å². The molecule has 2 heterocycles. The summed E-state index contributed by atoms with van der Waals surface area (Å²) in [6.45, 7) is 1.96. The van der Waals surface area contributed by atoms with E-state index in [9.17, 15) is 4.39 Å². The number of benzene rings is 2. The third-order valence-electron chi connectivity index (χ3n) is 4.46. The summed E-state index contributed by atoms with van der Waals surface area (Å²) in [5.41, 5.74) is 4.11. The van der Waals surface area contributed by atoms with Crippen molar-refractivity contribution in [2.45, 2.75) is 11.8 Å². The Morgan fingerprint density at radius 2 is 1.87 bits per heavy atom. The maximum atomic E-state index is 14.3. The Morgan fingerprint density at radius 1 is 1.00 bits per heavy atom. The van der Waals surface area contributed by atoms with Crippen molar-refractivity contribution in [3.05, 3.63) is 66.2 Å². The molecule has 0 aliphatic rings. The summed E-state index contributed by atoms with van der Waals surface area (Å²) in [5.74, 6) is 0.752. The average molecular weight is 422 g/mol. The number of methoxy groups -OCH3 is 1. The molecule has 0 saturated heterocycles. The van der Waals surface area contributed by atoms with Gasteiger partial charge >= 0.3 is 0 Å². The molecular weight excluding hydrogens is 401 g/mol. The summed E-state index contributed by atoms with van der Waals surface area (Å²) in [7, 11) is 3.35. The molecular formula is C22H20FN5OS. The largest absolute Gasteiger partial charge is 0.480 e. The first-order chi connectivity index (χ1) is 14.6. The molecule has 0 spiro atoms. The van der Waals surface area contributed by atoms with Crippen molar-refractivity contribution in [2.24, 2.45) is 0 Å². The van der Waals surface area contributed by atoms with Crippen molar-refractivity contribution in [3.63, 3.8) is 0 Å². The lowest BCUT2D eigenvalue weighted by Gasteiger charge is -2.11. The van der Waals surface area contributed by atoms with E-state index >= 15 is 0 Å². The number of rotatable bonds is 6. The van der Waals surface area contributed by atoms with Gasteiger partial charge in [0.25, 0.3) is 0 Å². The number of hydrogen-bond donors (Lipinski definition) is 2. The zero-order chi connectivity index (χ0) is 21.1. The van der Waals surface area contributed by atoms with E-state index in [1.807, 2.05) is 37.3 Å². The topological polar surface area (TPSA) is 72.0 Å². The highest BCUT2D eigenvalue weighted by Gasteiger charge is 2.09. The number of aryl methyl sites for hydroxylation is 1. The molecule has 0 bridgehead atoms. The summed E-state index contributed by atoms with van der Waals surface area (Å²) in [6, 6.07) is 12.6. The van der Waals surface area contributed by atoms with Crippen LogP contribution in [0.2, 0.25) is 0 Å². The van der Waals surface area contributed by atoms with Crippen molar-refractivity contribution >= 4 is 34.5 Å². The van der Waals surface area contributed by atoms with Gasteiger partial charge in [-0.15, -0.1) is 0 Å². The normalized spacial score (nSPS) is 10.8. The Bertz CT molecular complexity index is 1220. The van der Waals surface area contributed by atoms with Gasteiger partial charge < -0.3 is 14.8 Å². The van der Waals surface area contributed by atoms with Gasteiger partial charge in [0.15, 0.2) is 0 Å². The number of nitrogens with zero attached hydrogens (tertiary/aromatic N) is 3. The molecule has 0 unspecified atom stereocenters. The van der Waals surface area contributed by atoms with Gasteiger partial charge in [0.05, 0.1) is 17.5 Å². The summed E-state index contributed by atoms with van der Waals surface area (Å²) < 4.78 is 22.8. The molecule has 0 aliphatic heterocycles. The van der Waals surface area contributed by atoms with E-state index in [0.29, 0.717) is 17.5 Å². The molecule has 4 rings (SSSR count). The van der Waals surface area contributed by atoms with Crippen LogP contribution in [0, 0.1) is 12.7 Å². The maximum Gasteiger partial charge on any atom is 0.228 e. The molecule has 2 aromatic heterocycles. The molecule has 4 aromatic rings. The lowest BCUT2D eigenvalue weighted by molar-refractivity contribution is 0.387. The van der Waals surface area contributed by atoms with Crippen LogP contribution < -0.4 is 14.8 Å². The standard InChI is InChI=1S/C22H20FN5OS/c1-13-6-20(21(29-3)25-11-13)30-28-18-9-15(8-17(23)10-18)14-4-5-19-16(7-14)12-26-22(24-2)27-19/h4-12,28H,1-3H3,(H,24,26,27). The zero-order valence-corrected chi connectivity index (χ0v) is 17.5. The summed E-state index contributed by atoms with van der Waals surface area (Å²) in [4.78, 5) is 13.8. The smallest absolute Gasteiger partial charge is 0.228 e. The van der Waals surface area contributed by atoms with E-state index in [1.165, 1.54) is 24.1 Å². The molecule has 0 atom stereocenters. The molecule has 0 amide bonds. The fourth-order valence-electron chi connectivity index (χ4n) is 3.02. The summed E-state index contributed by atoms with van der Waals surface area (Å²) in [5, 5.41) is 3.81. The first-order valence-corrected chi connectivity index (χ1v) is 10.1. The number of pyridine rings is 1. The van der Waals surface area contributed by atoms with Crippen LogP contribution in [0.3, 0.4) is 0 Å². The molecule has 0 saturated carbocycles. The number of nitrogens with one attached hydrogen (secondary N) is 2. The average Bonchev–Trinajstić information content (AvgIpc) is 2.76. The quantitative estimate of drug-likeness (QED) is 0.409. The Balaban J connectivity index is 1.62. The van der Waals surface area contributed by atoms with Gasteiger partial charge in [-0.05, 0) is 72.0 Å². The van der Waals surface area contributed by atoms with Crippen LogP contribution in [0.4, 0.5) is 16.0 Å². The minimum Gasteiger partial charge on any atom is -0.480 e. The van der Waals surface area contributed by atoms with Crippen LogP contribution in [0.15, 0.2) is 59.8 Å². The first kappa shape index (κ1) is 19.9. The second-order valence-corrected chi connectivity index (χ2v) is 7.52. The SMILES string of the molecule is CNc1ncc2cc(-c3cc(F)cc(NSc4cc(C)cnc4OC)c3)ccc2n1. The van der Waals surface area contributed by atoms with Gasteiger partial charge in [0.2, 0.25) is 11.8 Å². The van der Waals surface area contributed by atoms with Crippen molar-refractivity contribution in [2.75, 3.05) is 24.2 Å². The van der Waals surface area contributed by atoms with E-state index in [-0.39, 0.29) is 5.82 Å². The van der Waals surface area contributed by atoms with Crippen LogP contribution in [0.25, 0.3) is 22.0 Å². The molecule has 152 valence electrons. The van der Waals surface area contributed by atoms with Crippen LogP contribution in [0.5, 0.6) is 5.88 Å². The highest BCUT2D eigenvalue weighted by atomic mass is 32.2. The van der Waals surface area contributed by atoms with Crippen molar-refractivity contribution < 1.29 is 9.13 Å². The Hall–Kier alpha value is -3.39. The third kappa shape index (κ3) is 4.28. The predicted molar refractivity (Wildman–Crippen MR) is 119 cm³/mol. The molecule has 2 aromatic carbocycles. The van der Waals surface area contributed by atoms with Crippen LogP contribution in [-0.2, 0) is 0 Å². The van der Waals surface area contributed by atoms with Crippen LogP contribution in [0.1, 0.15) is 5.56 Å². The fourth-order valence-corrected chi connectivity index (χ4v) is 3.83. The highest BCUT2D eigenvalue weighted by Crippen LogP contribution is 2.32. The van der Waals surface area contributed by atoms with Gasteiger partial charge in [-0.25, -0.2) is 19.3 Å². The van der Waals surface area contributed by atoms with E-state index in [0.717, 1.165) is 32.5 Å². The van der Waals surface area contributed by atoms with E-state index in [1.54, 1.807) is 26.6 Å². The van der Waals surface area contributed by atoms with Crippen molar-refractivity contribution in [1.29, 1.82) is 0 Å². The third-order valence-corrected chi connectivity index (χ3v) is 5.31. The highest BCUT2D eigenvalue weighted by molar-refractivity contribution is 8.00. The maximum absolute atomic E-state index is 14.3. The monoisotopic (exact) mass is 421 g/mol. The van der Waals surface area contributed by atoms with Crippen LogP contribution in [-0.4, -0.2) is 29.1 Å². The minimum absolute atomic E-state index is 0.327. The number of anilines is 2. The zero-order valence-electron chi connectivity index (χ0n) is 16.7. The summed E-state index contributed by atoms with van der Waals surface area (Å²) >= 11 is 1.33. The molecule has 0 fully saturated rings. The predicted octanol–water partition coefficient (Wildman–Crippen LogP) is 5.31. The van der Waals surface area contributed by atoms with Gasteiger partial charge in [-0.2, -0.15) is 0 Å². The lowest BCUT2D eigenvalue weighted by atomic mass is 10.0. The molecule has 8 heteroatoms. The molecule has 2 N–H and O–H groups in total. The molecule has 0 radical (unpaired) electrons. The van der Waals surface area contributed by atoms with E-state index < -0.39 is 0 Å². The second-order valence-electron chi connectivity index (χ2n) is 6.67. The number of hydrogen-bond acceptors (Lipinski definition) is 7. The second kappa shape index (κ2) is 8.54. The summed E-state index contributed by atoms with van der Waals surface area (Å²) in [6.07, 6.45) is 3.50. The van der Waals surface area contributed by atoms with Gasteiger partial charge in [-0.3, -0.25) is 0 Å². The number of halogens is 1. The Morgan fingerprint density at radius 3 is 2.67 bits per heavy atom. The van der Waals surface area contributed by atoms with Crippen molar-refractivity contribution in [3.8, 4) is 17.0 Å². The fraction of sp³-hybridized carbons (Fsp3) is 0.136. The number of fused-ring (bicyclic) bond motifs is 1. The van der Waals surface area contributed by atoms with E-state index in [4.69, 9.17) is 4.74 Å². The molecule has 30 heavy (non-hydrogen) atoms. The Kier molecular flexibility index (Phi) is 5.67. The number of aromatic nitrogens is 3. The first-order valence-electron chi connectivity index (χ1n) is 9.25. The van der Waals surface area contributed by atoms with Crippen molar-refractivity contribution in [1.82, 2.24) is 15.0 Å². The minimum atomic E-state index is -0.327.